The minimum atomic E-state index is -3.62. The van der Waals surface area contributed by atoms with Crippen LogP contribution in [-0.2, 0) is 22.1 Å². The number of amides is 3. The molecule has 31 heavy (non-hydrogen) atoms. The fourth-order valence-corrected chi connectivity index (χ4v) is 4.19. The Morgan fingerprint density at radius 1 is 0.968 bits per heavy atom. The molecule has 0 fully saturated rings. The molecule has 1 aromatic heterocycles. The molecule has 3 N–H and O–H groups in total. The first-order valence-electron chi connectivity index (χ1n) is 9.45. The van der Waals surface area contributed by atoms with Gasteiger partial charge in [-0.1, -0.05) is 18.2 Å². The number of aromatic nitrogens is 1. The number of hydrogen-bond donors (Lipinski definition) is 3. The van der Waals surface area contributed by atoms with E-state index in [4.69, 9.17) is 0 Å². The van der Waals surface area contributed by atoms with E-state index >= 15 is 0 Å². The van der Waals surface area contributed by atoms with Crippen LogP contribution in [0.25, 0.3) is 0 Å². The molecule has 1 heterocycles. The fourth-order valence-electron chi connectivity index (χ4n) is 2.86. The van der Waals surface area contributed by atoms with E-state index in [9.17, 15) is 18.0 Å². The van der Waals surface area contributed by atoms with Crippen molar-refractivity contribution >= 4 is 27.5 Å². The van der Waals surface area contributed by atoms with Gasteiger partial charge in [0.15, 0.2) is 9.84 Å². The lowest BCUT2D eigenvalue weighted by Crippen LogP contribution is -2.28. The Morgan fingerprint density at radius 3 is 2.39 bits per heavy atom. The highest BCUT2D eigenvalue weighted by molar-refractivity contribution is 7.90. The smallest absolute Gasteiger partial charge is 0.319 e. The summed E-state index contributed by atoms with van der Waals surface area (Å²) in [7, 11) is -2.11. The van der Waals surface area contributed by atoms with E-state index in [1.54, 1.807) is 42.7 Å². The van der Waals surface area contributed by atoms with Gasteiger partial charge in [0.05, 0.1) is 10.6 Å². The van der Waals surface area contributed by atoms with E-state index in [1.165, 1.54) is 31.3 Å². The van der Waals surface area contributed by atoms with Crippen LogP contribution in [0.3, 0.4) is 0 Å². The first kappa shape index (κ1) is 22.0. The highest BCUT2D eigenvalue weighted by Gasteiger charge is 2.16. The summed E-state index contributed by atoms with van der Waals surface area (Å²) in [6, 6.07) is 15.6. The summed E-state index contributed by atoms with van der Waals surface area (Å²) in [5.74, 6) is -0.521. The summed E-state index contributed by atoms with van der Waals surface area (Å²) in [4.78, 5) is 27.9. The number of nitrogens with zero attached hydrogens (tertiary/aromatic N) is 1. The first-order chi connectivity index (χ1) is 14.9. The molecular formula is C22H22N4O4S. The van der Waals surface area contributed by atoms with Crippen molar-refractivity contribution in [2.45, 2.75) is 17.2 Å². The number of hydrogen-bond acceptors (Lipinski definition) is 5. The molecule has 0 saturated heterocycles. The zero-order valence-corrected chi connectivity index (χ0v) is 17.6. The fraction of sp³-hybridized carbons (Fsp3) is 0.136. The molecule has 0 saturated carbocycles. The van der Waals surface area contributed by atoms with Crippen molar-refractivity contribution in [2.75, 3.05) is 12.4 Å². The predicted octanol–water partition coefficient (Wildman–Crippen LogP) is 2.74. The Bertz CT molecular complexity index is 1160. The van der Waals surface area contributed by atoms with Crippen LogP contribution in [0.1, 0.15) is 21.5 Å². The molecule has 0 spiro atoms. The number of rotatable bonds is 7. The molecule has 0 atom stereocenters. The van der Waals surface area contributed by atoms with Gasteiger partial charge in [0, 0.05) is 37.2 Å². The minimum absolute atomic E-state index is 0.124. The van der Waals surface area contributed by atoms with Crippen molar-refractivity contribution in [1.82, 2.24) is 15.6 Å². The van der Waals surface area contributed by atoms with Gasteiger partial charge in [-0.05, 0) is 53.6 Å². The Hall–Kier alpha value is -3.72. The Labute approximate surface area is 180 Å². The highest BCUT2D eigenvalue weighted by Crippen LogP contribution is 2.19. The molecule has 3 amide bonds. The number of carbonyl (C=O) groups excluding carboxylic acids is 2. The van der Waals surface area contributed by atoms with Gasteiger partial charge in [-0.2, -0.15) is 0 Å². The second kappa shape index (κ2) is 9.86. The van der Waals surface area contributed by atoms with Gasteiger partial charge in [-0.3, -0.25) is 9.78 Å². The van der Waals surface area contributed by atoms with E-state index in [2.05, 4.69) is 20.9 Å². The normalized spacial score (nSPS) is 10.9. The average Bonchev–Trinajstić information content (AvgIpc) is 2.78. The lowest BCUT2D eigenvalue weighted by molar-refractivity contribution is 0.0963. The Kier molecular flexibility index (Phi) is 6.99. The molecule has 0 aliphatic carbocycles. The second-order valence-corrected chi connectivity index (χ2v) is 8.72. The maximum absolute atomic E-state index is 12.7. The number of nitrogens with one attached hydrogen (secondary N) is 3. The van der Waals surface area contributed by atoms with Crippen molar-refractivity contribution in [3.8, 4) is 0 Å². The summed E-state index contributed by atoms with van der Waals surface area (Å²) in [5, 5.41) is 7.87. The van der Waals surface area contributed by atoms with Crippen LogP contribution in [0.15, 0.2) is 78.0 Å². The van der Waals surface area contributed by atoms with Crippen molar-refractivity contribution in [3.63, 3.8) is 0 Å². The summed E-state index contributed by atoms with van der Waals surface area (Å²) in [6.07, 6.45) is 3.31. The van der Waals surface area contributed by atoms with E-state index < -0.39 is 15.9 Å². The number of benzene rings is 2. The molecule has 0 bridgehead atoms. The van der Waals surface area contributed by atoms with E-state index in [0.29, 0.717) is 23.4 Å². The number of carbonyl (C=O) groups is 2. The standard InChI is InChI=1S/C22H22N4O4S/c1-23-21(27)18-6-2-4-16(12-18)15-31(29,30)20-9-7-19(8-10-20)26-22(28)25-14-17-5-3-11-24-13-17/h2-13H,14-15H2,1H3,(H,23,27)(H2,25,26,28). The van der Waals surface area contributed by atoms with Crippen LogP contribution in [0, 0.1) is 0 Å². The van der Waals surface area contributed by atoms with Gasteiger partial charge in [0.25, 0.3) is 5.91 Å². The molecule has 0 aliphatic rings. The third-order valence-electron chi connectivity index (χ3n) is 4.42. The number of anilines is 1. The molecule has 0 unspecified atom stereocenters. The van der Waals surface area contributed by atoms with Crippen molar-refractivity contribution in [3.05, 3.63) is 89.7 Å². The molecule has 0 aliphatic heterocycles. The molecule has 3 rings (SSSR count). The van der Waals surface area contributed by atoms with E-state index in [0.717, 1.165) is 5.56 Å². The van der Waals surface area contributed by atoms with Gasteiger partial charge in [0.1, 0.15) is 0 Å². The maximum atomic E-state index is 12.7. The zero-order valence-electron chi connectivity index (χ0n) is 16.8. The lowest BCUT2D eigenvalue weighted by Gasteiger charge is -2.09. The number of urea groups is 1. The topological polar surface area (TPSA) is 117 Å². The Balaban J connectivity index is 1.62. The lowest BCUT2D eigenvalue weighted by atomic mass is 10.1. The van der Waals surface area contributed by atoms with Gasteiger partial charge in [-0.15, -0.1) is 0 Å². The van der Waals surface area contributed by atoms with Gasteiger partial charge in [-0.25, -0.2) is 13.2 Å². The average molecular weight is 439 g/mol. The molecule has 9 heteroatoms. The van der Waals surface area contributed by atoms with Crippen molar-refractivity contribution in [2.24, 2.45) is 0 Å². The van der Waals surface area contributed by atoms with Crippen molar-refractivity contribution in [1.29, 1.82) is 0 Å². The molecule has 160 valence electrons. The van der Waals surface area contributed by atoms with Gasteiger partial charge in [0.2, 0.25) is 0 Å². The maximum Gasteiger partial charge on any atom is 0.319 e. The second-order valence-electron chi connectivity index (χ2n) is 6.73. The Morgan fingerprint density at radius 2 is 1.71 bits per heavy atom. The van der Waals surface area contributed by atoms with Crippen LogP contribution in [0.2, 0.25) is 0 Å². The van der Waals surface area contributed by atoms with Crippen LogP contribution >= 0.6 is 0 Å². The molecule has 3 aromatic rings. The molecule has 0 radical (unpaired) electrons. The summed E-state index contributed by atoms with van der Waals surface area (Å²) >= 11 is 0. The first-order valence-corrected chi connectivity index (χ1v) is 11.1. The summed E-state index contributed by atoms with van der Waals surface area (Å²) in [6.45, 7) is 0.321. The van der Waals surface area contributed by atoms with Crippen molar-refractivity contribution < 1.29 is 18.0 Å². The predicted molar refractivity (Wildman–Crippen MR) is 117 cm³/mol. The van der Waals surface area contributed by atoms with Crippen LogP contribution in [0.4, 0.5) is 10.5 Å². The molecule has 8 nitrogen and oxygen atoms in total. The third-order valence-corrected chi connectivity index (χ3v) is 6.12. The zero-order chi connectivity index (χ0) is 22.3. The van der Waals surface area contributed by atoms with E-state index in [1.807, 2.05) is 6.07 Å². The SMILES string of the molecule is CNC(=O)c1cccc(CS(=O)(=O)c2ccc(NC(=O)NCc3cccnc3)cc2)c1. The molecule has 2 aromatic carbocycles. The largest absolute Gasteiger partial charge is 0.355 e. The van der Waals surface area contributed by atoms with Gasteiger partial charge < -0.3 is 16.0 Å². The summed E-state index contributed by atoms with van der Waals surface area (Å²) in [5.41, 5.74) is 2.23. The summed E-state index contributed by atoms with van der Waals surface area (Å²) < 4.78 is 25.5. The number of pyridine rings is 1. The van der Waals surface area contributed by atoms with Crippen LogP contribution in [-0.4, -0.2) is 32.4 Å². The van der Waals surface area contributed by atoms with Crippen LogP contribution < -0.4 is 16.0 Å². The highest BCUT2D eigenvalue weighted by atomic mass is 32.2. The third kappa shape index (κ3) is 6.13. The van der Waals surface area contributed by atoms with Crippen LogP contribution in [0.5, 0.6) is 0 Å². The number of sulfone groups is 1. The molecular weight excluding hydrogens is 416 g/mol. The van der Waals surface area contributed by atoms with E-state index in [-0.39, 0.29) is 16.6 Å². The van der Waals surface area contributed by atoms with Gasteiger partial charge >= 0.3 is 6.03 Å². The quantitative estimate of drug-likeness (QED) is 0.524. The minimum Gasteiger partial charge on any atom is -0.355 e. The monoisotopic (exact) mass is 438 g/mol.